The molecular weight excluding hydrogens is 810 g/mol. The smallest absolute Gasteiger partial charge is 0.381 e. The number of ether oxygens (including phenoxy) is 1. The van der Waals surface area contributed by atoms with Crippen molar-refractivity contribution in [3.63, 3.8) is 0 Å². The monoisotopic (exact) mass is 853 g/mol. The molecule has 2 fully saturated rings. The Morgan fingerprint density at radius 2 is 1.71 bits per heavy atom. The number of aromatic nitrogens is 8. The number of carbonyl (C=O) groups excluding carboxylic acids is 1. The highest BCUT2D eigenvalue weighted by molar-refractivity contribution is 7.13. The number of nitrogens with zero attached hydrogens (tertiary/aromatic N) is 8. The van der Waals surface area contributed by atoms with Crippen LogP contribution in [0.2, 0.25) is 0 Å². The van der Waals surface area contributed by atoms with E-state index in [2.05, 4.69) is 44.2 Å². The van der Waals surface area contributed by atoms with Crippen LogP contribution >= 0.6 is 11.5 Å². The Kier molecular flexibility index (Phi) is 8.74. The van der Waals surface area contributed by atoms with Gasteiger partial charge in [0.2, 0.25) is 0 Å². The van der Waals surface area contributed by atoms with Gasteiger partial charge < -0.3 is 14.2 Å². The molecule has 11 rings (SSSR count). The molecule has 0 unspecified atom stereocenters. The van der Waals surface area contributed by atoms with E-state index in [0.717, 1.165) is 50.8 Å². The van der Waals surface area contributed by atoms with Crippen molar-refractivity contribution in [1.82, 2.24) is 42.9 Å². The third kappa shape index (κ3) is 5.75. The molecule has 16 heteroatoms. The summed E-state index contributed by atoms with van der Waals surface area (Å²) in [6.07, 6.45) is 6.36. The maximum absolute atomic E-state index is 15.5. The first-order valence-corrected chi connectivity index (χ1v) is 21.9. The van der Waals surface area contributed by atoms with Gasteiger partial charge in [0.25, 0.3) is 5.91 Å². The zero-order valence-electron chi connectivity index (χ0n) is 34.9. The van der Waals surface area contributed by atoms with Gasteiger partial charge in [-0.3, -0.25) is 23.4 Å². The average Bonchev–Trinajstić information content (AvgIpc) is 3.90. The lowest BCUT2D eigenvalue weighted by Crippen LogP contribution is -2.41. The summed E-state index contributed by atoms with van der Waals surface area (Å²) in [5, 5.41) is 11.2. The zero-order valence-corrected chi connectivity index (χ0v) is 35.8. The first-order chi connectivity index (χ1) is 29.9. The first kappa shape index (κ1) is 38.5. The number of hydrogen-bond acceptors (Lipinski definition) is 9. The van der Waals surface area contributed by atoms with Crippen LogP contribution in [0.5, 0.6) is 0 Å². The number of hydrogen-bond donors (Lipinski definition) is 1. The summed E-state index contributed by atoms with van der Waals surface area (Å²) in [5.74, 6) is 0.0764. The van der Waals surface area contributed by atoms with E-state index >= 15 is 9.18 Å². The third-order valence-electron chi connectivity index (χ3n) is 13.6. The van der Waals surface area contributed by atoms with Crippen LogP contribution in [0.15, 0.2) is 81.1 Å². The predicted molar refractivity (Wildman–Crippen MR) is 232 cm³/mol. The van der Waals surface area contributed by atoms with Gasteiger partial charge in [-0.05, 0) is 136 Å². The molecule has 1 aliphatic carbocycles. The van der Waals surface area contributed by atoms with Gasteiger partial charge in [-0.15, -0.1) is 0 Å². The molecule has 1 saturated heterocycles. The fourth-order valence-corrected chi connectivity index (χ4v) is 11.0. The summed E-state index contributed by atoms with van der Waals surface area (Å²) >= 11 is 1.39. The molecule has 8 aromatic rings. The van der Waals surface area contributed by atoms with E-state index in [1.165, 1.54) is 17.1 Å². The number of rotatable bonds is 7. The minimum absolute atomic E-state index is 0.0372. The van der Waals surface area contributed by atoms with Gasteiger partial charge >= 0.3 is 11.4 Å². The van der Waals surface area contributed by atoms with Crippen molar-refractivity contribution in [3.8, 4) is 17.2 Å². The molecule has 2 aliphatic heterocycles. The minimum atomic E-state index is -0.811. The molecule has 3 aliphatic rings. The molecule has 1 saturated carbocycles. The van der Waals surface area contributed by atoms with E-state index in [1.54, 1.807) is 52.2 Å². The number of nitrogens with one attached hydrogen (secondary N) is 1. The van der Waals surface area contributed by atoms with Crippen molar-refractivity contribution in [2.75, 3.05) is 19.8 Å². The van der Waals surface area contributed by atoms with E-state index in [1.807, 2.05) is 43.0 Å². The van der Waals surface area contributed by atoms with Crippen LogP contribution in [-0.2, 0) is 16.7 Å². The number of amides is 1. The molecule has 0 radical (unpaired) electrons. The number of imidazole rings is 1. The zero-order chi connectivity index (χ0) is 42.8. The fourth-order valence-electron chi connectivity index (χ4n) is 10.2. The maximum atomic E-state index is 15.5. The molecule has 3 atom stereocenters. The maximum Gasteiger partial charge on any atom is 0.438 e. The second-order valence-electron chi connectivity index (χ2n) is 17.2. The molecule has 0 bridgehead atoms. The highest BCUT2D eigenvalue weighted by Gasteiger charge is 2.59. The number of halogens is 1. The highest BCUT2D eigenvalue weighted by atomic mass is 32.1. The fraction of sp³-hybridized carbons (Fsp3) is 0.348. The number of fused-ring (bicyclic) bond motifs is 3. The highest BCUT2D eigenvalue weighted by Crippen LogP contribution is 2.56. The quantitative estimate of drug-likeness (QED) is 0.173. The van der Waals surface area contributed by atoms with Crippen molar-refractivity contribution in [1.29, 1.82) is 0 Å². The molecule has 1 amide bonds. The van der Waals surface area contributed by atoms with Crippen LogP contribution in [-0.4, -0.2) is 68.6 Å². The molecular formula is C46H44FN9O5S. The Balaban J connectivity index is 1.06. The molecule has 7 heterocycles. The Bertz CT molecular complexity index is 3230. The summed E-state index contributed by atoms with van der Waals surface area (Å²) < 4.78 is 38.2. The SMILES string of the molecule is Cc1cc(-n2nc3c(c2-n2ccn(-c4ccc5c(C)nsc5c4)c2=O)[C@H](C)N(C(=O)c2cc4cc(C5CCOCC5)ccc4n2[C@@]2(c4noc(=O)[nH]4)C[C@@H]2C)CC3)cc(C)c1F. The van der Waals surface area contributed by atoms with E-state index in [9.17, 15) is 9.59 Å². The Labute approximate surface area is 358 Å². The lowest BCUT2D eigenvalue weighted by molar-refractivity contribution is 0.0663. The van der Waals surface area contributed by atoms with Crippen molar-refractivity contribution in [3.05, 3.63) is 139 Å². The van der Waals surface area contributed by atoms with E-state index in [-0.39, 0.29) is 23.3 Å². The van der Waals surface area contributed by atoms with Crippen molar-refractivity contribution in [2.24, 2.45) is 5.92 Å². The van der Waals surface area contributed by atoms with Gasteiger partial charge in [-0.2, -0.15) is 9.47 Å². The lowest BCUT2D eigenvalue weighted by atomic mass is 9.91. The van der Waals surface area contributed by atoms with Gasteiger partial charge in [0.05, 0.1) is 33.5 Å². The van der Waals surface area contributed by atoms with Crippen LogP contribution in [0.4, 0.5) is 4.39 Å². The standard InChI is InChI=1S/C46H44FN9O5S/c1-24-18-33(19-25(2)40(24)47)56-41(54-15-14-53(45(54)59)32-7-8-34-27(4)51-62-38(34)22-32)39-28(5)52(13-10-35(39)49-56)42(57)37-21-31-20-30(29-11-16-60-17-12-29)6-9-36(31)55(37)46(23-26(46)3)43-48-44(58)61-50-43/h6-9,14-15,18-22,26,28-29H,10-13,16-17,23H2,1-5H3,(H,48,50,58)/t26-,28-,46-/m0/s1. The molecule has 14 nitrogen and oxygen atoms in total. The summed E-state index contributed by atoms with van der Waals surface area (Å²) in [6, 6.07) is 17.1. The number of aryl methyl sites for hydroxylation is 3. The Morgan fingerprint density at radius 1 is 0.952 bits per heavy atom. The molecule has 3 aromatic carbocycles. The van der Waals surface area contributed by atoms with E-state index in [4.69, 9.17) is 14.4 Å². The summed E-state index contributed by atoms with van der Waals surface area (Å²) in [7, 11) is 0. The average molecular weight is 854 g/mol. The van der Waals surface area contributed by atoms with Crippen LogP contribution in [0.25, 0.3) is 38.2 Å². The molecule has 5 aromatic heterocycles. The van der Waals surface area contributed by atoms with Crippen molar-refractivity contribution >= 4 is 38.4 Å². The molecule has 1 N–H and O–H groups in total. The van der Waals surface area contributed by atoms with Crippen LogP contribution in [0, 0.1) is 32.5 Å². The van der Waals surface area contributed by atoms with Crippen LogP contribution < -0.4 is 11.4 Å². The molecule has 0 spiro atoms. The van der Waals surface area contributed by atoms with Gasteiger partial charge in [-0.25, -0.2) is 18.7 Å². The van der Waals surface area contributed by atoms with Crippen LogP contribution in [0.3, 0.4) is 0 Å². The summed E-state index contributed by atoms with van der Waals surface area (Å²) in [5.41, 5.74) is 5.97. The number of H-pyrrole nitrogens is 1. The van der Waals surface area contributed by atoms with Gasteiger partial charge in [0.1, 0.15) is 22.9 Å². The molecule has 62 heavy (non-hydrogen) atoms. The second kappa shape index (κ2) is 14.1. The topological polar surface area (TPSA) is 151 Å². The van der Waals surface area contributed by atoms with E-state index < -0.39 is 17.3 Å². The minimum Gasteiger partial charge on any atom is -0.381 e. The number of aromatic amines is 1. The van der Waals surface area contributed by atoms with Gasteiger partial charge in [0.15, 0.2) is 5.82 Å². The largest absolute Gasteiger partial charge is 0.438 e. The normalized spacial score (nSPS) is 20.4. The first-order valence-electron chi connectivity index (χ1n) is 21.1. The number of carbonyl (C=O) groups is 1. The summed E-state index contributed by atoms with van der Waals surface area (Å²) in [6.45, 7) is 11.2. The second-order valence-corrected chi connectivity index (χ2v) is 18.0. The lowest BCUT2D eigenvalue weighted by Gasteiger charge is -2.34. The Hall–Kier alpha value is -6.39. The van der Waals surface area contributed by atoms with Crippen LogP contribution in [0.1, 0.15) is 95.0 Å². The van der Waals surface area contributed by atoms with Crippen molar-refractivity contribution in [2.45, 2.75) is 77.8 Å². The van der Waals surface area contributed by atoms with Crippen molar-refractivity contribution < 1.29 is 18.4 Å². The number of benzene rings is 3. The van der Waals surface area contributed by atoms with Gasteiger partial charge in [0, 0.05) is 60.4 Å². The third-order valence-corrected chi connectivity index (χ3v) is 14.5. The Morgan fingerprint density at radius 3 is 2.44 bits per heavy atom. The predicted octanol–water partition coefficient (Wildman–Crippen LogP) is 7.56. The van der Waals surface area contributed by atoms with Gasteiger partial charge in [-0.1, -0.05) is 18.1 Å². The molecule has 316 valence electrons. The van der Waals surface area contributed by atoms with E-state index in [0.29, 0.717) is 78.4 Å². The summed E-state index contributed by atoms with van der Waals surface area (Å²) in [4.78, 5) is 47.2.